The van der Waals surface area contributed by atoms with Gasteiger partial charge in [0.25, 0.3) is 11.8 Å². The first-order chi connectivity index (χ1) is 22.8. The second-order valence-corrected chi connectivity index (χ2v) is 11.0. The van der Waals surface area contributed by atoms with Crippen molar-refractivity contribution in [2.45, 2.75) is 57.5 Å². The minimum atomic E-state index is -0.663. The van der Waals surface area contributed by atoms with Crippen molar-refractivity contribution in [1.82, 2.24) is 4.90 Å². The molecule has 1 heterocycles. The molecule has 0 radical (unpaired) electrons. The number of imide groups is 1. The summed E-state index contributed by atoms with van der Waals surface area (Å²) < 4.78 is 27.2. The van der Waals surface area contributed by atoms with Gasteiger partial charge in [0.05, 0.1) is 13.0 Å². The maximum absolute atomic E-state index is 12.3. The van der Waals surface area contributed by atoms with Gasteiger partial charge >= 0.3 is 17.9 Å². The number of carbonyl (C=O) groups excluding carboxylic acids is 5. The lowest BCUT2D eigenvalue weighted by atomic mass is 9.98. The topological polar surface area (TPSA) is 135 Å². The van der Waals surface area contributed by atoms with Crippen molar-refractivity contribution in [3.05, 3.63) is 84.5 Å². The molecule has 0 atom stereocenters. The number of benzene rings is 2. The Hall–Kier alpha value is -5.19. The Morgan fingerprint density at radius 1 is 0.787 bits per heavy atom. The predicted octanol–water partition coefficient (Wildman–Crippen LogP) is 5.13. The van der Waals surface area contributed by atoms with Gasteiger partial charge in [0.15, 0.2) is 0 Å². The second-order valence-electron chi connectivity index (χ2n) is 11.0. The number of rotatable bonds is 17. The van der Waals surface area contributed by atoms with Crippen molar-refractivity contribution in [2.24, 2.45) is 0 Å². The minimum Gasteiger partial charge on any atom is -0.494 e. The quantitative estimate of drug-likeness (QED) is 0.0749. The Bertz CT molecular complexity index is 1450. The second kappa shape index (κ2) is 18.1. The molecule has 0 aromatic heterocycles. The maximum atomic E-state index is 12.3. The van der Waals surface area contributed by atoms with Crippen LogP contribution in [0.3, 0.4) is 0 Å². The summed E-state index contributed by atoms with van der Waals surface area (Å²) in [6.45, 7) is 4.50. The fraction of sp³-hybridized carbons (Fsp3) is 0.361. The molecule has 0 N–H and O–H groups in total. The van der Waals surface area contributed by atoms with Crippen molar-refractivity contribution in [2.75, 3.05) is 26.4 Å². The Morgan fingerprint density at radius 3 is 2.09 bits per heavy atom. The highest BCUT2D eigenvalue weighted by atomic mass is 16.6. The fourth-order valence-corrected chi connectivity index (χ4v) is 4.86. The zero-order valence-electron chi connectivity index (χ0n) is 26.2. The van der Waals surface area contributed by atoms with Crippen molar-refractivity contribution in [3.63, 3.8) is 0 Å². The van der Waals surface area contributed by atoms with Crippen LogP contribution in [0.25, 0.3) is 6.08 Å². The van der Waals surface area contributed by atoms with Crippen LogP contribution < -0.4 is 14.2 Å². The number of amides is 2. The van der Waals surface area contributed by atoms with Crippen molar-refractivity contribution in [3.8, 4) is 17.2 Å². The van der Waals surface area contributed by atoms with E-state index in [-0.39, 0.29) is 43.1 Å². The van der Waals surface area contributed by atoms with E-state index in [1.165, 1.54) is 23.1 Å². The summed E-state index contributed by atoms with van der Waals surface area (Å²) in [5.41, 5.74) is 0.789. The SMILES string of the molecule is C=C(CC(=O)OC1CCCCC1)C(=O)OCCOc1ccc(/C=C/C(=O)Oc2ccc(OCCCCN3C(=O)C=CC3=O)cc2)cc1. The molecule has 1 aliphatic heterocycles. The molecule has 1 fully saturated rings. The molecule has 1 aliphatic carbocycles. The van der Waals surface area contributed by atoms with Gasteiger partial charge in [-0.1, -0.05) is 25.1 Å². The molecule has 2 aromatic rings. The van der Waals surface area contributed by atoms with Crippen LogP contribution in [-0.2, 0) is 33.4 Å². The summed E-state index contributed by atoms with van der Waals surface area (Å²) in [5.74, 6) is -0.743. The van der Waals surface area contributed by atoms with Gasteiger partial charge in [-0.3, -0.25) is 19.3 Å². The van der Waals surface area contributed by atoms with Gasteiger partial charge in [0.1, 0.15) is 36.6 Å². The van der Waals surface area contributed by atoms with Gasteiger partial charge < -0.3 is 23.7 Å². The standard InChI is InChI=1S/C36H39NO10/c1-26(25-35(41)47-30-7-3-2-4-8-30)36(42)45-24-23-44-28-12-9-27(10-13-28)11-20-34(40)46-31-16-14-29(15-17-31)43-22-6-5-21-37-32(38)18-19-33(37)39/h9-20,30H,1-8,21-25H2/b20-11+. The molecule has 0 bridgehead atoms. The minimum absolute atomic E-state index is 0.0145. The number of hydrogen-bond donors (Lipinski definition) is 0. The van der Waals surface area contributed by atoms with E-state index in [1.54, 1.807) is 54.6 Å². The number of carbonyl (C=O) groups is 5. The largest absolute Gasteiger partial charge is 0.494 e. The molecule has 1 saturated carbocycles. The molecule has 2 aliphatic rings. The molecular weight excluding hydrogens is 606 g/mol. The zero-order valence-corrected chi connectivity index (χ0v) is 26.2. The van der Waals surface area contributed by atoms with Gasteiger partial charge in [-0.05, 0) is 86.6 Å². The maximum Gasteiger partial charge on any atom is 0.336 e. The molecule has 2 amide bonds. The molecule has 47 heavy (non-hydrogen) atoms. The van der Waals surface area contributed by atoms with E-state index < -0.39 is 17.9 Å². The van der Waals surface area contributed by atoms with Crippen LogP contribution in [0.2, 0.25) is 0 Å². The molecule has 2 aromatic carbocycles. The summed E-state index contributed by atoms with van der Waals surface area (Å²) >= 11 is 0. The lowest BCUT2D eigenvalue weighted by Gasteiger charge is -2.21. The van der Waals surface area contributed by atoms with Crippen molar-refractivity contribution in [1.29, 1.82) is 0 Å². The van der Waals surface area contributed by atoms with E-state index in [0.717, 1.165) is 37.7 Å². The third-order valence-corrected chi connectivity index (χ3v) is 7.36. The molecule has 11 nitrogen and oxygen atoms in total. The van der Waals surface area contributed by atoms with E-state index in [4.69, 9.17) is 23.7 Å². The first-order valence-electron chi connectivity index (χ1n) is 15.7. The van der Waals surface area contributed by atoms with Crippen molar-refractivity contribution >= 4 is 35.8 Å². The monoisotopic (exact) mass is 645 g/mol. The number of ether oxygens (including phenoxy) is 5. The number of nitrogens with zero attached hydrogens (tertiary/aromatic N) is 1. The summed E-state index contributed by atoms with van der Waals surface area (Å²) in [6.07, 6.45) is 11.4. The zero-order chi connectivity index (χ0) is 33.4. The van der Waals surface area contributed by atoms with E-state index in [9.17, 15) is 24.0 Å². The fourth-order valence-electron chi connectivity index (χ4n) is 4.86. The lowest BCUT2D eigenvalue weighted by Crippen LogP contribution is -2.31. The predicted molar refractivity (Wildman–Crippen MR) is 171 cm³/mol. The van der Waals surface area contributed by atoms with E-state index in [0.29, 0.717) is 43.2 Å². The Morgan fingerprint density at radius 2 is 1.40 bits per heavy atom. The average Bonchev–Trinajstić information content (AvgIpc) is 3.39. The first kappa shape index (κ1) is 34.7. The first-order valence-corrected chi connectivity index (χ1v) is 15.7. The highest BCUT2D eigenvalue weighted by molar-refractivity contribution is 6.12. The Labute approximate surface area is 273 Å². The molecule has 248 valence electrons. The van der Waals surface area contributed by atoms with E-state index >= 15 is 0 Å². The average molecular weight is 646 g/mol. The van der Waals surface area contributed by atoms with Crippen molar-refractivity contribution < 1.29 is 47.7 Å². The lowest BCUT2D eigenvalue weighted by molar-refractivity contribution is -0.151. The Balaban J connectivity index is 1.07. The smallest absolute Gasteiger partial charge is 0.336 e. The van der Waals surface area contributed by atoms with Gasteiger partial charge in [0.2, 0.25) is 0 Å². The highest BCUT2D eigenvalue weighted by Gasteiger charge is 2.22. The van der Waals surface area contributed by atoms with Gasteiger partial charge in [0, 0.05) is 30.3 Å². The summed E-state index contributed by atoms with van der Waals surface area (Å²) in [6, 6.07) is 13.6. The molecule has 11 heteroatoms. The Kier molecular flexibility index (Phi) is 13.3. The normalized spacial score (nSPS) is 14.7. The van der Waals surface area contributed by atoms with Gasteiger partial charge in [-0.25, -0.2) is 9.59 Å². The molecule has 0 spiro atoms. The van der Waals surface area contributed by atoms with Crippen LogP contribution in [0.1, 0.15) is 56.9 Å². The van der Waals surface area contributed by atoms with Crippen LogP contribution in [0, 0.1) is 0 Å². The number of unbranched alkanes of at least 4 members (excludes halogenated alkanes) is 1. The summed E-state index contributed by atoms with van der Waals surface area (Å²) in [5, 5.41) is 0. The van der Waals surface area contributed by atoms with Crippen LogP contribution >= 0.6 is 0 Å². The molecular formula is C36H39NO10. The van der Waals surface area contributed by atoms with Crippen LogP contribution in [0.5, 0.6) is 17.2 Å². The van der Waals surface area contributed by atoms with Gasteiger partial charge in [-0.2, -0.15) is 0 Å². The van der Waals surface area contributed by atoms with Gasteiger partial charge in [-0.15, -0.1) is 0 Å². The molecule has 4 rings (SSSR count). The van der Waals surface area contributed by atoms with E-state index in [2.05, 4.69) is 6.58 Å². The number of esters is 3. The van der Waals surface area contributed by atoms with E-state index in [1.807, 2.05) is 0 Å². The third-order valence-electron chi connectivity index (χ3n) is 7.36. The summed E-state index contributed by atoms with van der Waals surface area (Å²) in [4.78, 5) is 60.8. The molecule has 0 saturated heterocycles. The summed E-state index contributed by atoms with van der Waals surface area (Å²) in [7, 11) is 0. The molecule has 0 unspecified atom stereocenters. The van der Waals surface area contributed by atoms with Crippen LogP contribution in [0.15, 0.2) is 78.9 Å². The highest BCUT2D eigenvalue weighted by Crippen LogP contribution is 2.22. The number of hydrogen-bond acceptors (Lipinski definition) is 10. The van der Waals surface area contributed by atoms with Crippen LogP contribution in [-0.4, -0.2) is 67.1 Å². The third kappa shape index (κ3) is 11.9. The van der Waals surface area contributed by atoms with Crippen LogP contribution in [0.4, 0.5) is 0 Å².